The summed E-state index contributed by atoms with van der Waals surface area (Å²) < 4.78 is 14.7. The summed E-state index contributed by atoms with van der Waals surface area (Å²) in [5.74, 6) is 1.34. The minimum absolute atomic E-state index is 0.0908. The lowest BCUT2D eigenvalue weighted by molar-refractivity contribution is -0.133. The number of hydrogen-bond donors (Lipinski definition) is 0. The Balaban J connectivity index is 1.08. The number of pyridine rings is 2. The van der Waals surface area contributed by atoms with Gasteiger partial charge in [0, 0.05) is 48.0 Å². The standard InChI is InChI=1S/C29H28Cl2N4O2/c30-22-15-32-16-23(31)25(22)26-21(27(37-34-26)20-2-3-20)18-36-29-10-7-28(8-11-29,9-12-29)6-5-19-1-4-24-33-13-14-35(24)17-19/h1,4-6,13-17,20H,2-3,7-12,18H2/b6-5+. The summed E-state index contributed by atoms with van der Waals surface area (Å²) in [4.78, 5) is 8.43. The van der Waals surface area contributed by atoms with Gasteiger partial charge in [-0.2, -0.15) is 0 Å². The van der Waals surface area contributed by atoms with Gasteiger partial charge in [0.25, 0.3) is 0 Å². The fraction of sp³-hybridized carbons (Fsp3) is 0.414. The molecule has 0 N–H and O–H groups in total. The minimum atomic E-state index is -0.0908. The van der Waals surface area contributed by atoms with Crippen molar-refractivity contribution in [3.63, 3.8) is 0 Å². The SMILES string of the molecule is Clc1cncc(Cl)c1-c1noc(C2CC2)c1COC12CCC(/C=C/c3ccc4nccn4c3)(CC1)CC2. The van der Waals surface area contributed by atoms with Gasteiger partial charge in [0.15, 0.2) is 0 Å². The van der Waals surface area contributed by atoms with Crippen molar-refractivity contribution in [2.75, 3.05) is 0 Å². The minimum Gasteiger partial charge on any atom is -0.370 e. The molecule has 2 bridgehead atoms. The van der Waals surface area contributed by atoms with Gasteiger partial charge < -0.3 is 13.7 Å². The maximum absolute atomic E-state index is 6.77. The van der Waals surface area contributed by atoms with Crippen LogP contribution in [0.2, 0.25) is 10.0 Å². The van der Waals surface area contributed by atoms with Crippen molar-refractivity contribution in [2.24, 2.45) is 5.41 Å². The Hall–Kier alpha value is -2.67. The van der Waals surface area contributed by atoms with Crippen molar-refractivity contribution in [3.8, 4) is 11.3 Å². The summed E-state index contributed by atoms with van der Waals surface area (Å²) in [6.07, 6.45) is 22.8. The zero-order chi connectivity index (χ0) is 25.0. The second-order valence-electron chi connectivity index (χ2n) is 10.9. The van der Waals surface area contributed by atoms with Crippen LogP contribution < -0.4 is 0 Å². The number of nitrogens with zero attached hydrogens (tertiary/aromatic N) is 4. The van der Waals surface area contributed by atoms with E-state index in [1.54, 1.807) is 12.4 Å². The fourth-order valence-electron chi connectivity index (χ4n) is 6.14. The summed E-state index contributed by atoms with van der Waals surface area (Å²) in [6, 6.07) is 4.21. The monoisotopic (exact) mass is 534 g/mol. The Morgan fingerprint density at radius 1 is 1.05 bits per heavy atom. The van der Waals surface area contributed by atoms with Crippen molar-refractivity contribution >= 4 is 34.9 Å². The molecule has 0 radical (unpaired) electrons. The normalized spacial score (nSPS) is 25.5. The van der Waals surface area contributed by atoms with E-state index < -0.39 is 0 Å². The predicted molar refractivity (Wildman–Crippen MR) is 144 cm³/mol. The van der Waals surface area contributed by atoms with Crippen LogP contribution in [0.5, 0.6) is 0 Å². The zero-order valence-corrected chi connectivity index (χ0v) is 22.0. The Kier molecular flexibility index (Phi) is 5.68. The van der Waals surface area contributed by atoms with E-state index in [9.17, 15) is 0 Å². The molecule has 0 unspecified atom stereocenters. The third-order valence-electron chi connectivity index (χ3n) is 8.66. The molecular weight excluding hydrogens is 507 g/mol. The zero-order valence-electron chi connectivity index (χ0n) is 20.5. The molecule has 4 aromatic rings. The van der Waals surface area contributed by atoms with Crippen molar-refractivity contribution in [3.05, 3.63) is 76.1 Å². The molecule has 4 fully saturated rings. The molecular formula is C29H28Cl2N4O2. The van der Waals surface area contributed by atoms with Crippen molar-refractivity contribution in [1.29, 1.82) is 0 Å². The van der Waals surface area contributed by atoms with Crippen LogP contribution in [0.25, 0.3) is 23.0 Å². The molecule has 4 saturated carbocycles. The number of rotatable bonds is 7. The molecule has 0 aliphatic heterocycles. The molecule has 4 aromatic heterocycles. The van der Waals surface area contributed by atoms with Crippen molar-refractivity contribution < 1.29 is 9.26 Å². The second-order valence-corrected chi connectivity index (χ2v) is 11.8. The van der Waals surface area contributed by atoms with Crippen molar-refractivity contribution in [1.82, 2.24) is 19.5 Å². The molecule has 8 rings (SSSR count). The number of imidazole rings is 1. The van der Waals surface area contributed by atoms with Crippen LogP contribution in [0.3, 0.4) is 0 Å². The van der Waals surface area contributed by atoms with Gasteiger partial charge in [-0.25, -0.2) is 4.98 Å². The summed E-state index contributed by atoms with van der Waals surface area (Å²) in [5, 5.41) is 5.35. The van der Waals surface area contributed by atoms with Crippen molar-refractivity contribution in [2.45, 2.75) is 69.5 Å². The fourth-order valence-corrected chi connectivity index (χ4v) is 6.69. The molecule has 190 valence electrons. The highest BCUT2D eigenvalue weighted by molar-refractivity contribution is 6.38. The Morgan fingerprint density at radius 2 is 1.81 bits per heavy atom. The van der Waals surface area contributed by atoms with E-state index in [1.807, 2.05) is 12.4 Å². The lowest BCUT2D eigenvalue weighted by Crippen LogP contribution is -2.46. The number of fused-ring (bicyclic) bond motifs is 4. The topological polar surface area (TPSA) is 65.5 Å². The first-order chi connectivity index (χ1) is 18.0. The van der Waals surface area contributed by atoms with E-state index in [4.69, 9.17) is 32.5 Å². The molecule has 0 amide bonds. The van der Waals surface area contributed by atoms with Crippen LogP contribution in [0.4, 0.5) is 0 Å². The lowest BCUT2D eigenvalue weighted by Gasteiger charge is -2.52. The summed E-state index contributed by atoms with van der Waals surface area (Å²) in [6.45, 7) is 0.466. The third-order valence-corrected chi connectivity index (χ3v) is 9.23. The molecule has 8 heteroatoms. The first kappa shape index (κ1) is 23.4. The number of aromatic nitrogens is 4. The molecule has 4 heterocycles. The van der Waals surface area contributed by atoms with Gasteiger partial charge in [-0.05, 0) is 74.5 Å². The van der Waals surface area contributed by atoms with Crippen LogP contribution in [0.1, 0.15) is 74.2 Å². The van der Waals surface area contributed by atoms with Crippen LogP contribution in [-0.2, 0) is 11.3 Å². The number of hydrogen-bond acceptors (Lipinski definition) is 5. The van der Waals surface area contributed by atoms with E-state index in [2.05, 4.69) is 50.0 Å². The highest BCUT2D eigenvalue weighted by atomic mass is 35.5. The van der Waals surface area contributed by atoms with Gasteiger partial charge in [-0.3, -0.25) is 4.98 Å². The van der Waals surface area contributed by atoms with Crippen LogP contribution in [-0.4, -0.2) is 25.1 Å². The number of halogens is 2. The highest BCUT2D eigenvalue weighted by Crippen LogP contribution is 2.55. The van der Waals surface area contributed by atoms with Gasteiger partial charge in [-0.15, -0.1) is 0 Å². The summed E-state index contributed by atoms with van der Waals surface area (Å²) in [5.41, 5.74) is 4.71. The molecule has 0 saturated heterocycles. The average molecular weight is 535 g/mol. The van der Waals surface area contributed by atoms with E-state index >= 15 is 0 Å². The lowest BCUT2D eigenvalue weighted by atomic mass is 9.58. The van der Waals surface area contributed by atoms with E-state index in [0.717, 1.165) is 68.3 Å². The number of ether oxygens (including phenoxy) is 1. The highest BCUT2D eigenvalue weighted by Gasteiger charge is 2.48. The van der Waals surface area contributed by atoms with E-state index in [-0.39, 0.29) is 11.0 Å². The summed E-state index contributed by atoms with van der Waals surface area (Å²) in [7, 11) is 0. The molecule has 37 heavy (non-hydrogen) atoms. The third kappa shape index (κ3) is 4.29. The quantitative estimate of drug-likeness (QED) is 0.241. The molecule has 4 aliphatic rings. The van der Waals surface area contributed by atoms with E-state index in [1.165, 1.54) is 5.56 Å². The molecule has 0 atom stereocenters. The maximum Gasteiger partial charge on any atom is 0.145 e. The molecule has 6 nitrogen and oxygen atoms in total. The van der Waals surface area contributed by atoms with Gasteiger partial charge in [0.1, 0.15) is 17.1 Å². The number of allylic oxidation sites excluding steroid dienone is 1. The van der Waals surface area contributed by atoms with Crippen LogP contribution in [0.15, 0.2) is 53.7 Å². The Morgan fingerprint density at radius 3 is 2.54 bits per heavy atom. The van der Waals surface area contributed by atoms with Gasteiger partial charge in [0.2, 0.25) is 0 Å². The molecule has 4 aliphatic carbocycles. The largest absolute Gasteiger partial charge is 0.370 e. The van der Waals surface area contributed by atoms with Crippen LogP contribution in [0, 0.1) is 5.41 Å². The first-order valence-corrected chi connectivity index (χ1v) is 13.8. The van der Waals surface area contributed by atoms with Gasteiger partial charge in [-0.1, -0.05) is 40.5 Å². The van der Waals surface area contributed by atoms with E-state index in [0.29, 0.717) is 33.8 Å². The molecule has 0 aromatic carbocycles. The average Bonchev–Trinajstić information content (AvgIpc) is 3.51. The van der Waals surface area contributed by atoms with Gasteiger partial charge >= 0.3 is 0 Å². The Labute approximate surface area is 225 Å². The second kappa shape index (κ2) is 8.97. The van der Waals surface area contributed by atoms with Gasteiger partial charge in [0.05, 0.1) is 22.3 Å². The Bertz CT molecular complexity index is 1460. The molecule has 0 spiro atoms. The summed E-state index contributed by atoms with van der Waals surface area (Å²) >= 11 is 13.0. The van der Waals surface area contributed by atoms with Crippen LogP contribution >= 0.6 is 23.2 Å². The maximum atomic E-state index is 6.77. The smallest absolute Gasteiger partial charge is 0.145 e. The first-order valence-electron chi connectivity index (χ1n) is 13.1. The predicted octanol–water partition coefficient (Wildman–Crippen LogP) is 7.89.